The van der Waals surface area contributed by atoms with Gasteiger partial charge in [0, 0.05) is 16.2 Å². The van der Waals surface area contributed by atoms with Gasteiger partial charge < -0.3 is 0 Å². The number of hydrogen-bond donors (Lipinski definition) is 0. The van der Waals surface area contributed by atoms with Crippen LogP contribution in [-0.4, -0.2) is 0 Å². The molecule has 0 spiro atoms. The standard InChI is InChI=1S/C14H16S/c1-10-4-6-13(11(2)8-10)9-14-7-5-12(3)15-14/h4-8H,9H2,1-3H3. The lowest BCUT2D eigenvalue weighted by Gasteiger charge is -2.05. The maximum Gasteiger partial charge on any atom is 0.00919 e. The molecule has 78 valence electrons. The third-order valence-electron chi connectivity index (χ3n) is 2.66. The largest absolute Gasteiger partial charge is 0.145 e. The third-order valence-corrected chi connectivity index (χ3v) is 3.66. The van der Waals surface area contributed by atoms with E-state index in [2.05, 4.69) is 51.1 Å². The molecule has 0 fully saturated rings. The minimum atomic E-state index is 1.07. The Balaban J connectivity index is 2.24. The molecule has 0 radical (unpaired) electrons. The van der Waals surface area contributed by atoms with Crippen LogP contribution in [0.15, 0.2) is 30.3 Å². The molecular weight excluding hydrogens is 200 g/mol. The van der Waals surface area contributed by atoms with Gasteiger partial charge in [-0.05, 0) is 44.0 Å². The van der Waals surface area contributed by atoms with E-state index in [-0.39, 0.29) is 0 Å². The molecule has 1 aromatic carbocycles. The van der Waals surface area contributed by atoms with Crippen molar-refractivity contribution in [3.8, 4) is 0 Å². The Morgan fingerprint density at radius 2 is 1.80 bits per heavy atom. The van der Waals surface area contributed by atoms with E-state index in [9.17, 15) is 0 Å². The molecule has 0 unspecified atom stereocenters. The third kappa shape index (κ3) is 2.48. The van der Waals surface area contributed by atoms with Crippen molar-refractivity contribution in [2.75, 3.05) is 0 Å². The van der Waals surface area contributed by atoms with Gasteiger partial charge in [0.2, 0.25) is 0 Å². The van der Waals surface area contributed by atoms with Gasteiger partial charge in [-0.1, -0.05) is 23.8 Å². The van der Waals surface area contributed by atoms with Crippen molar-refractivity contribution in [3.63, 3.8) is 0 Å². The zero-order chi connectivity index (χ0) is 10.8. The van der Waals surface area contributed by atoms with Crippen molar-refractivity contribution in [3.05, 3.63) is 56.8 Å². The lowest BCUT2D eigenvalue weighted by atomic mass is 10.0. The highest BCUT2D eigenvalue weighted by atomic mass is 32.1. The predicted octanol–water partition coefficient (Wildman–Crippen LogP) is 4.26. The second-order valence-corrected chi connectivity index (χ2v) is 5.49. The molecule has 2 rings (SSSR count). The number of benzene rings is 1. The van der Waals surface area contributed by atoms with E-state index < -0.39 is 0 Å². The minimum absolute atomic E-state index is 1.07. The molecule has 0 nitrogen and oxygen atoms in total. The first-order valence-electron chi connectivity index (χ1n) is 5.26. The average molecular weight is 216 g/mol. The van der Waals surface area contributed by atoms with Crippen LogP contribution >= 0.6 is 11.3 Å². The highest BCUT2D eigenvalue weighted by Gasteiger charge is 2.02. The van der Waals surface area contributed by atoms with E-state index in [1.807, 2.05) is 11.3 Å². The topological polar surface area (TPSA) is 0 Å². The molecule has 0 saturated heterocycles. The van der Waals surface area contributed by atoms with Crippen molar-refractivity contribution in [1.82, 2.24) is 0 Å². The second kappa shape index (κ2) is 4.19. The van der Waals surface area contributed by atoms with Crippen LogP contribution in [0.3, 0.4) is 0 Å². The van der Waals surface area contributed by atoms with Crippen LogP contribution in [0.4, 0.5) is 0 Å². The van der Waals surface area contributed by atoms with Gasteiger partial charge in [-0.2, -0.15) is 0 Å². The molecule has 0 amide bonds. The first-order valence-corrected chi connectivity index (χ1v) is 6.08. The molecule has 0 saturated carbocycles. The lowest BCUT2D eigenvalue weighted by Crippen LogP contribution is -1.89. The molecule has 1 heterocycles. The van der Waals surface area contributed by atoms with E-state index in [0.717, 1.165) is 6.42 Å². The molecule has 0 aliphatic rings. The maximum absolute atomic E-state index is 2.26. The number of aryl methyl sites for hydroxylation is 3. The van der Waals surface area contributed by atoms with Gasteiger partial charge in [0.25, 0.3) is 0 Å². The number of rotatable bonds is 2. The smallest absolute Gasteiger partial charge is 0.00919 e. The van der Waals surface area contributed by atoms with E-state index >= 15 is 0 Å². The van der Waals surface area contributed by atoms with Crippen LogP contribution in [-0.2, 0) is 6.42 Å². The van der Waals surface area contributed by atoms with Crippen LogP contribution in [0.5, 0.6) is 0 Å². The molecular formula is C14H16S. The summed E-state index contributed by atoms with van der Waals surface area (Å²) >= 11 is 1.90. The highest BCUT2D eigenvalue weighted by molar-refractivity contribution is 7.11. The van der Waals surface area contributed by atoms with Crippen LogP contribution in [0.2, 0.25) is 0 Å². The first-order chi connectivity index (χ1) is 7.15. The van der Waals surface area contributed by atoms with Crippen LogP contribution in [0.25, 0.3) is 0 Å². The Morgan fingerprint density at radius 1 is 1.00 bits per heavy atom. The summed E-state index contributed by atoms with van der Waals surface area (Å²) in [5.74, 6) is 0. The fourth-order valence-corrected chi connectivity index (χ4v) is 2.73. The zero-order valence-electron chi connectivity index (χ0n) is 9.50. The summed E-state index contributed by atoms with van der Waals surface area (Å²) in [4.78, 5) is 2.86. The van der Waals surface area contributed by atoms with Gasteiger partial charge in [0.15, 0.2) is 0 Å². The first kappa shape index (κ1) is 10.4. The fourth-order valence-electron chi connectivity index (χ4n) is 1.81. The van der Waals surface area contributed by atoms with E-state index in [0.29, 0.717) is 0 Å². The quantitative estimate of drug-likeness (QED) is 0.703. The van der Waals surface area contributed by atoms with Gasteiger partial charge in [0.1, 0.15) is 0 Å². The summed E-state index contributed by atoms with van der Waals surface area (Å²) in [5.41, 5.74) is 4.20. The minimum Gasteiger partial charge on any atom is -0.145 e. The number of hydrogen-bond acceptors (Lipinski definition) is 1. The Hall–Kier alpha value is -1.08. The molecule has 1 aromatic heterocycles. The van der Waals surface area contributed by atoms with Crippen molar-refractivity contribution in [1.29, 1.82) is 0 Å². The summed E-state index contributed by atoms with van der Waals surface area (Å²) in [5, 5.41) is 0. The normalized spacial score (nSPS) is 10.6. The van der Waals surface area contributed by atoms with E-state index in [4.69, 9.17) is 0 Å². The Kier molecular flexibility index (Phi) is 2.92. The van der Waals surface area contributed by atoms with Gasteiger partial charge in [-0.25, -0.2) is 0 Å². The van der Waals surface area contributed by atoms with E-state index in [1.165, 1.54) is 26.4 Å². The van der Waals surface area contributed by atoms with Crippen molar-refractivity contribution in [2.45, 2.75) is 27.2 Å². The second-order valence-electron chi connectivity index (χ2n) is 4.12. The molecule has 2 aromatic rings. The molecule has 15 heavy (non-hydrogen) atoms. The number of thiophene rings is 1. The van der Waals surface area contributed by atoms with Crippen LogP contribution in [0.1, 0.15) is 26.4 Å². The van der Waals surface area contributed by atoms with Gasteiger partial charge in [0.05, 0.1) is 0 Å². The Labute approximate surface area is 95.6 Å². The SMILES string of the molecule is Cc1ccc(Cc2ccc(C)s2)c(C)c1. The zero-order valence-corrected chi connectivity index (χ0v) is 10.3. The van der Waals surface area contributed by atoms with Crippen molar-refractivity contribution in [2.24, 2.45) is 0 Å². The molecule has 0 atom stereocenters. The molecule has 0 N–H and O–H groups in total. The summed E-state index contributed by atoms with van der Waals surface area (Å²) in [6.07, 6.45) is 1.07. The molecule has 0 bridgehead atoms. The monoisotopic (exact) mass is 216 g/mol. The van der Waals surface area contributed by atoms with E-state index in [1.54, 1.807) is 0 Å². The van der Waals surface area contributed by atoms with Crippen molar-refractivity contribution >= 4 is 11.3 Å². The molecule has 0 aliphatic carbocycles. The summed E-state index contributed by atoms with van der Waals surface area (Å²) < 4.78 is 0. The fraction of sp³-hybridized carbons (Fsp3) is 0.286. The predicted molar refractivity (Wildman–Crippen MR) is 67.8 cm³/mol. The maximum atomic E-state index is 2.26. The summed E-state index contributed by atoms with van der Waals surface area (Å²) in [7, 11) is 0. The Bertz CT molecular complexity index is 466. The van der Waals surface area contributed by atoms with Crippen molar-refractivity contribution < 1.29 is 0 Å². The summed E-state index contributed by atoms with van der Waals surface area (Å²) in [6, 6.07) is 11.1. The lowest BCUT2D eigenvalue weighted by molar-refractivity contribution is 1.18. The molecule has 0 aliphatic heterocycles. The van der Waals surface area contributed by atoms with Gasteiger partial charge in [-0.3, -0.25) is 0 Å². The Morgan fingerprint density at radius 3 is 2.40 bits per heavy atom. The van der Waals surface area contributed by atoms with Gasteiger partial charge >= 0.3 is 0 Å². The summed E-state index contributed by atoms with van der Waals surface area (Å²) in [6.45, 7) is 6.50. The highest BCUT2D eigenvalue weighted by Crippen LogP contribution is 2.21. The average Bonchev–Trinajstić information content (AvgIpc) is 2.56. The molecule has 1 heteroatoms. The van der Waals surface area contributed by atoms with Crippen LogP contribution < -0.4 is 0 Å². The van der Waals surface area contributed by atoms with Crippen LogP contribution in [0, 0.1) is 20.8 Å². The van der Waals surface area contributed by atoms with Gasteiger partial charge in [-0.15, -0.1) is 11.3 Å².